The number of nitro benzene ring substituents is 1. The molecule has 0 aliphatic heterocycles. The SMILES string of the molecule is COC(=O)Cc1[nH]n(-c2ccc([N+](=O)[O-])cc2)c(=O)c1C(C)=NCCO. The highest BCUT2D eigenvalue weighted by Crippen LogP contribution is 2.15. The number of nitrogens with one attached hydrogen (secondary N) is 1. The summed E-state index contributed by atoms with van der Waals surface area (Å²) >= 11 is 0. The molecule has 0 aliphatic carbocycles. The number of aliphatic hydroxyl groups excluding tert-OH is 1. The number of benzene rings is 1. The molecule has 26 heavy (non-hydrogen) atoms. The predicted octanol–water partition coefficient (Wildman–Crippen LogP) is 0.591. The number of carbonyl (C=O) groups is 1. The van der Waals surface area contributed by atoms with Crippen LogP contribution in [0.4, 0.5) is 5.69 Å². The maximum atomic E-state index is 12.8. The van der Waals surface area contributed by atoms with Gasteiger partial charge in [-0.15, -0.1) is 0 Å². The summed E-state index contributed by atoms with van der Waals surface area (Å²) in [7, 11) is 1.24. The van der Waals surface area contributed by atoms with Gasteiger partial charge >= 0.3 is 5.97 Å². The largest absolute Gasteiger partial charge is 0.469 e. The summed E-state index contributed by atoms with van der Waals surface area (Å²) in [5.74, 6) is -0.543. The zero-order chi connectivity index (χ0) is 19.3. The molecule has 1 aromatic heterocycles. The standard InChI is InChI=1S/C16H18N4O6/c1-10(17-7-8-21)15-13(9-14(22)26-2)18-19(16(15)23)11-3-5-12(6-4-11)20(24)25/h3-6,18,21H,7-9H2,1-2H3. The lowest BCUT2D eigenvalue weighted by molar-refractivity contribution is -0.384. The van der Waals surface area contributed by atoms with Crippen LogP contribution in [0, 0.1) is 10.1 Å². The minimum absolute atomic E-state index is 0.107. The number of esters is 1. The number of nitrogens with zero attached hydrogens (tertiary/aromatic N) is 3. The van der Waals surface area contributed by atoms with E-state index in [4.69, 9.17) is 5.11 Å². The third-order valence-corrected chi connectivity index (χ3v) is 3.64. The van der Waals surface area contributed by atoms with E-state index in [1.165, 1.54) is 36.1 Å². The molecule has 1 heterocycles. The molecular formula is C16H18N4O6. The predicted molar refractivity (Wildman–Crippen MR) is 92.9 cm³/mol. The van der Waals surface area contributed by atoms with Gasteiger partial charge < -0.3 is 9.84 Å². The van der Waals surface area contributed by atoms with Crippen molar-refractivity contribution in [2.24, 2.45) is 4.99 Å². The van der Waals surface area contributed by atoms with Crippen LogP contribution in [0.1, 0.15) is 18.2 Å². The first-order valence-electron chi connectivity index (χ1n) is 7.66. The number of non-ortho nitro benzene ring substituents is 1. The third-order valence-electron chi connectivity index (χ3n) is 3.64. The van der Waals surface area contributed by atoms with E-state index >= 15 is 0 Å². The van der Waals surface area contributed by atoms with E-state index in [2.05, 4.69) is 14.8 Å². The Morgan fingerprint density at radius 1 is 1.38 bits per heavy atom. The molecule has 0 saturated heterocycles. The normalized spacial score (nSPS) is 11.4. The van der Waals surface area contributed by atoms with Crippen molar-refractivity contribution in [2.45, 2.75) is 13.3 Å². The Bertz CT molecular complexity index is 894. The molecule has 10 nitrogen and oxygen atoms in total. The van der Waals surface area contributed by atoms with Crippen LogP contribution in [-0.2, 0) is 16.0 Å². The molecule has 0 bridgehead atoms. The van der Waals surface area contributed by atoms with Gasteiger partial charge in [0, 0.05) is 17.8 Å². The van der Waals surface area contributed by atoms with Gasteiger partial charge in [-0.05, 0) is 19.1 Å². The lowest BCUT2D eigenvalue weighted by atomic mass is 10.1. The van der Waals surface area contributed by atoms with Crippen molar-refractivity contribution in [3.63, 3.8) is 0 Å². The number of aliphatic imine (C=N–C) groups is 1. The van der Waals surface area contributed by atoms with Crippen molar-refractivity contribution in [2.75, 3.05) is 20.3 Å². The zero-order valence-electron chi connectivity index (χ0n) is 14.3. The molecule has 2 N–H and O–H groups in total. The lowest BCUT2D eigenvalue weighted by Gasteiger charge is -2.02. The van der Waals surface area contributed by atoms with Crippen LogP contribution in [0.2, 0.25) is 0 Å². The van der Waals surface area contributed by atoms with Crippen LogP contribution >= 0.6 is 0 Å². The van der Waals surface area contributed by atoms with Gasteiger partial charge in [0.25, 0.3) is 11.2 Å². The molecule has 0 fully saturated rings. The van der Waals surface area contributed by atoms with Gasteiger partial charge in [0.15, 0.2) is 0 Å². The topological polar surface area (TPSA) is 140 Å². The molecule has 0 amide bonds. The first-order valence-corrected chi connectivity index (χ1v) is 7.66. The summed E-state index contributed by atoms with van der Waals surface area (Å²) in [5.41, 5.74) is 0.662. The fourth-order valence-corrected chi connectivity index (χ4v) is 2.40. The Balaban J connectivity index is 2.55. The molecular weight excluding hydrogens is 344 g/mol. The highest BCUT2D eigenvalue weighted by atomic mass is 16.6. The third kappa shape index (κ3) is 4.03. The summed E-state index contributed by atoms with van der Waals surface area (Å²) in [5, 5.41) is 22.5. The number of aliphatic hydroxyl groups is 1. The van der Waals surface area contributed by atoms with E-state index in [0.29, 0.717) is 17.1 Å². The summed E-state index contributed by atoms with van der Waals surface area (Å²) in [4.78, 5) is 38.7. The summed E-state index contributed by atoms with van der Waals surface area (Å²) in [6, 6.07) is 5.38. The van der Waals surface area contributed by atoms with Crippen LogP contribution in [0.3, 0.4) is 0 Å². The minimum atomic E-state index is -0.543. The van der Waals surface area contributed by atoms with Crippen molar-refractivity contribution in [1.82, 2.24) is 9.78 Å². The smallest absolute Gasteiger partial charge is 0.311 e. The quantitative estimate of drug-likeness (QED) is 0.320. The second-order valence-corrected chi connectivity index (χ2v) is 5.32. The summed E-state index contributed by atoms with van der Waals surface area (Å²) in [6.07, 6.45) is -0.174. The summed E-state index contributed by atoms with van der Waals surface area (Å²) in [6.45, 7) is 1.54. The fourth-order valence-electron chi connectivity index (χ4n) is 2.40. The van der Waals surface area contributed by atoms with Gasteiger partial charge in [0.1, 0.15) is 0 Å². The second-order valence-electron chi connectivity index (χ2n) is 5.32. The van der Waals surface area contributed by atoms with Crippen molar-refractivity contribution >= 4 is 17.4 Å². The Kier molecular flexibility index (Phi) is 6.02. The number of ether oxygens (including phenoxy) is 1. The number of aromatic amines is 1. The number of hydrogen-bond donors (Lipinski definition) is 2. The number of rotatable bonds is 7. The second kappa shape index (κ2) is 8.21. The van der Waals surface area contributed by atoms with E-state index in [1.54, 1.807) is 6.92 Å². The van der Waals surface area contributed by atoms with Gasteiger partial charge in [0.05, 0.1) is 48.6 Å². The first-order chi connectivity index (χ1) is 12.4. The molecule has 2 aromatic rings. The van der Waals surface area contributed by atoms with E-state index in [1.807, 2.05) is 0 Å². The van der Waals surface area contributed by atoms with E-state index < -0.39 is 16.5 Å². The average Bonchev–Trinajstić information content (AvgIpc) is 2.95. The van der Waals surface area contributed by atoms with Gasteiger partial charge in [-0.25, -0.2) is 4.68 Å². The fraction of sp³-hybridized carbons (Fsp3) is 0.312. The molecule has 0 radical (unpaired) electrons. The Hall–Kier alpha value is -3.27. The van der Waals surface area contributed by atoms with Crippen molar-refractivity contribution in [1.29, 1.82) is 0 Å². The number of H-pyrrole nitrogens is 1. The highest BCUT2D eigenvalue weighted by Gasteiger charge is 2.20. The van der Waals surface area contributed by atoms with Crippen molar-refractivity contribution in [3.05, 3.63) is 56.0 Å². The highest BCUT2D eigenvalue weighted by molar-refractivity contribution is 6.00. The molecule has 0 aliphatic rings. The maximum Gasteiger partial charge on any atom is 0.311 e. The molecule has 0 spiro atoms. The van der Waals surface area contributed by atoms with E-state index in [0.717, 1.165) is 0 Å². The van der Waals surface area contributed by atoms with Crippen molar-refractivity contribution < 1.29 is 19.6 Å². The zero-order valence-corrected chi connectivity index (χ0v) is 14.3. The molecule has 10 heteroatoms. The number of aromatic nitrogens is 2. The Labute approximate surface area is 147 Å². The van der Waals surface area contributed by atoms with Gasteiger partial charge in [-0.3, -0.25) is 29.8 Å². The van der Waals surface area contributed by atoms with Crippen molar-refractivity contribution in [3.8, 4) is 5.69 Å². The number of methoxy groups -OCH3 is 1. The Morgan fingerprint density at radius 2 is 2.04 bits per heavy atom. The molecule has 0 saturated carbocycles. The van der Waals surface area contributed by atoms with E-state index in [9.17, 15) is 19.7 Å². The molecule has 0 unspecified atom stereocenters. The van der Waals surface area contributed by atoms with Gasteiger partial charge in [-0.1, -0.05) is 0 Å². The maximum absolute atomic E-state index is 12.8. The monoisotopic (exact) mass is 362 g/mol. The van der Waals surface area contributed by atoms with E-state index in [-0.39, 0.29) is 30.8 Å². The first kappa shape index (κ1) is 19.1. The molecule has 138 valence electrons. The number of hydrogen-bond acceptors (Lipinski definition) is 7. The van der Waals surface area contributed by atoms with Crippen LogP contribution in [-0.4, -0.2) is 51.8 Å². The number of nitro groups is 1. The summed E-state index contributed by atoms with van der Waals surface area (Å²) < 4.78 is 5.82. The lowest BCUT2D eigenvalue weighted by Crippen LogP contribution is -2.20. The van der Waals surface area contributed by atoms with Crippen LogP contribution in [0.5, 0.6) is 0 Å². The average molecular weight is 362 g/mol. The van der Waals surface area contributed by atoms with Crippen LogP contribution < -0.4 is 5.56 Å². The van der Waals surface area contributed by atoms with Crippen LogP contribution in [0.15, 0.2) is 34.1 Å². The molecule has 2 rings (SSSR count). The van der Waals surface area contributed by atoms with Gasteiger partial charge in [0.2, 0.25) is 0 Å². The minimum Gasteiger partial charge on any atom is -0.469 e. The molecule has 1 aromatic carbocycles. The van der Waals surface area contributed by atoms with Gasteiger partial charge in [-0.2, -0.15) is 0 Å². The molecule has 0 atom stereocenters. The van der Waals surface area contributed by atoms with Crippen LogP contribution in [0.25, 0.3) is 5.69 Å². The Morgan fingerprint density at radius 3 is 2.58 bits per heavy atom. The number of carbonyl (C=O) groups excluding carboxylic acids is 1.